The van der Waals surface area contributed by atoms with Crippen LogP contribution >= 0.6 is 0 Å². The number of benzene rings is 2. The topological polar surface area (TPSA) is 90.7 Å². The minimum Gasteiger partial charge on any atom is -0.470 e. The van der Waals surface area contributed by atoms with E-state index in [-0.39, 0.29) is 30.6 Å². The molecule has 0 spiro atoms. The number of nitrogens with zero attached hydrogens (tertiary/aromatic N) is 1. The van der Waals surface area contributed by atoms with Crippen molar-refractivity contribution in [2.75, 3.05) is 11.9 Å². The van der Waals surface area contributed by atoms with Crippen molar-refractivity contribution >= 4 is 28.5 Å². The number of Topliss-reactive ketones (excluding diaryl/α,β-unsaturated/α-hetero) is 1. The molecular formula is C19H14N2O5. The number of ether oxygens (including phenoxy) is 2. The summed E-state index contributed by atoms with van der Waals surface area (Å²) in [6, 6.07) is 16.3. The Morgan fingerprint density at radius 2 is 1.88 bits per heavy atom. The van der Waals surface area contributed by atoms with Gasteiger partial charge in [0.2, 0.25) is 17.6 Å². The molecule has 0 unspecified atom stereocenters. The number of esters is 1. The molecule has 7 nitrogen and oxygen atoms in total. The van der Waals surface area contributed by atoms with Gasteiger partial charge in [0, 0.05) is 5.69 Å². The lowest BCUT2D eigenvalue weighted by molar-refractivity contribution is -0.142. The lowest BCUT2D eigenvalue weighted by Gasteiger charge is -2.08. The second-order valence-electron chi connectivity index (χ2n) is 5.56. The molecule has 0 atom stereocenters. The zero-order valence-corrected chi connectivity index (χ0v) is 13.6. The van der Waals surface area contributed by atoms with Crippen LogP contribution in [-0.4, -0.2) is 23.3 Å². The van der Waals surface area contributed by atoms with E-state index >= 15 is 0 Å². The highest BCUT2D eigenvalue weighted by molar-refractivity contribution is 6.19. The first kappa shape index (κ1) is 15.9. The van der Waals surface area contributed by atoms with Crippen molar-refractivity contribution < 1.29 is 23.5 Å². The lowest BCUT2D eigenvalue weighted by Crippen LogP contribution is -2.16. The number of carbonyl (C=O) groups excluding carboxylic acids is 2. The van der Waals surface area contributed by atoms with Gasteiger partial charge in [0.15, 0.2) is 24.4 Å². The number of anilines is 1. The zero-order valence-electron chi connectivity index (χ0n) is 13.6. The average Bonchev–Trinajstić information content (AvgIpc) is 3.24. The summed E-state index contributed by atoms with van der Waals surface area (Å²) < 4.78 is 16.0. The van der Waals surface area contributed by atoms with Crippen molar-refractivity contribution in [3.05, 3.63) is 71.9 Å². The molecule has 0 amide bonds. The van der Waals surface area contributed by atoms with Gasteiger partial charge in [-0.05, 0) is 24.3 Å². The number of nitrogens with one attached hydrogen (secondary N) is 1. The Labute approximate surface area is 148 Å². The molecular weight excluding hydrogens is 336 g/mol. The molecule has 4 rings (SSSR count). The van der Waals surface area contributed by atoms with Gasteiger partial charge in [0.05, 0.1) is 0 Å². The maximum atomic E-state index is 12.4. The highest BCUT2D eigenvalue weighted by atomic mass is 16.5. The molecule has 0 saturated heterocycles. The number of fused-ring (bicyclic) bond motifs is 1. The standard InChI is InChI=1S/C19H14N2O5/c22-14-10-24-18(20-12-6-2-1-3-7-12)17(14)19(23)25-11-16-21-13-8-4-5-9-15(13)26-16/h1-9,20H,10-11H2. The summed E-state index contributed by atoms with van der Waals surface area (Å²) in [5.41, 5.74) is 1.82. The molecule has 0 saturated carbocycles. The number of ketones is 1. The fourth-order valence-electron chi connectivity index (χ4n) is 2.55. The Morgan fingerprint density at radius 3 is 2.69 bits per heavy atom. The van der Waals surface area contributed by atoms with Crippen molar-refractivity contribution in [3.63, 3.8) is 0 Å². The summed E-state index contributed by atoms with van der Waals surface area (Å²) in [4.78, 5) is 28.6. The second-order valence-corrected chi connectivity index (χ2v) is 5.56. The van der Waals surface area contributed by atoms with E-state index in [0.717, 1.165) is 0 Å². The highest BCUT2D eigenvalue weighted by Crippen LogP contribution is 2.21. The van der Waals surface area contributed by atoms with Crippen LogP contribution in [0.2, 0.25) is 0 Å². The molecule has 2 aromatic carbocycles. The quantitative estimate of drug-likeness (QED) is 0.559. The van der Waals surface area contributed by atoms with E-state index in [9.17, 15) is 9.59 Å². The van der Waals surface area contributed by atoms with Crippen molar-refractivity contribution in [2.24, 2.45) is 0 Å². The van der Waals surface area contributed by atoms with Crippen LogP contribution in [0, 0.1) is 0 Å². The normalized spacial score (nSPS) is 13.8. The van der Waals surface area contributed by atoms with Crippen LogP contribution in [0.5, 0.6) is 0 Å². The van der Waals surface area contributed by atoms with Crippen molar-refractivity contribution in [2.45, 2.75) is 6.61 Å². The molecule has 1 N–H and O–H groups in total. The number of aromatic nitrogens is 1. The minimum absolute atomic E-state index is 0.0868. The van der Waals surface area contributed by atoms with E-state index in [1.165, 1.54) is 0 Å². The Bertz CT molecular complexity index is 974. The Morgan fingerprint density at radius 1 is 1.12 bits per heavy atom. The third-order valence-electron chi connectivity index (χ3n) is 3.75. The first-order valence-corrected chi connectivity index (χ1v) is 7.94. The number of para-hydroxylation sites is 3. The number of hydrogen-bond donors (Lipinski definition) is 1. The first-order chi connectivity index (χ1) is 12.7. The molecule has 1 aromatic heterocycles. The van der Waals surface area contributed by atoms with E-state index < -0.39 is 11.8 Å². The minimum atomic E-state index is -0.784. The van der Waals surface area contributed by atoms with E-state index in [1.807, 2.05) is 30.3 Å². The van der Waals surface area contributed by atoms with E-state index in [0.29, 0.717) is 16.8 Å². The first-order valence-electron chi connectivity index (χ1n) is 7.94. The largest absolute Gasteiger partial charge is 0.470 e. The van der Waals surface area contributed by atoms with Gasteiger partial charge in [0.1, 0.15) is 5.52 Å². The van der Waals surface area contributed by atoms with E-state index in [1.54, 1.807) is 24.3 Å². The fourth-order valence-corrected chi connectivity index (χ4v) is 2.55. The molecule has 0 bridgehead atoms. The van der Waals surface area contributed by atoms with E-state index in [4.69, 9.17) is 13.9 Å². The van der Waals surface area contributed by atoms with Crippen molar-refractivity contribution in [3.8, 4) is 0 Å². The SMILES string of the molecule is O=C1COC(Nc2ccccc2)=C1C(=O)OCc1nc2ccccc2o1. The summed E-state index contributed by atoms with van der Waals surface area (Å²) in [5, 5.41) is 2.92. The van der Waals surface area contributed by atoms with Crippen LogP contribution in [-0.2, 0) is 25.7 Å². The number of rotatable bonds is 5. The van der Waals surface area contributed by atoms with Gasteiger partial charge in [-0.25, -0.2) is 9.78 Å². The van der Waals surface area contributed by atoms with Crippen molar-refractivity contribution in [1.82, 2.24) is 4.98 Å². The number of hydrogen-bond acceptors (Lipinski definition) is 7. The maximum absolute atomic E-state index is 12.4. The lowest BCUT2D eigenvalue weighted by atomic mass is 10.2. The van der Waals surface area contributed by atoms with Gasteiger partial charge < -0.3 is 19.2 Å². The van der Waals surface area contributed by atoms with Crippen LogP contribution in [0.15, 0.2) is 70.5 Å². The van der Waals surface area contributed by atoms with E-state index in [2.05, 4.69) is 10.3 Å². The molecule has 0 radical (unpaired) electrons. The van der Waals surface area contributed by atoms with Gasteiger partial charge in [-0.15, -0.1) is 0 Å². The van der Waals surface area contributed by atoms with Crippen LogP contribution in [0.4, 0.5) is 5.69 Å². The predicted octanol–water partition coefficient (Wildman–Crippen LogP) is 2.79. The molecule has 0 fully saturated rings. The fraction of sp³-hybridized carbons (Fsp3) is 0.105. The molecule has 0 aliphatic carbocycles. The van der Waals surface area contributed by atoms with Crippen LogP contribution in [0.1, 0.15) is 5.89 Å². The van der Waals surface area contributed by atoms with Crippen LogP contribution in [0.25, 0.3) is 11.1 Å². The molecule has 2 heterocycles. The van der Waals surface area contributed by atoms with Gasteiger partial charge in [0.25, 0.3) is 0 Å². The van der Waals surface area contributed by atoms with Crippen LogP contribution < -0.4 is 5.32 Å². The van der Waals surface area contributed by atoms with Gasteiger partial charge in [-0.1, -0.05) is 30.3 Å². The summed E-state index contributed by atoms with van der Waals surface area (Å²) in [6.45, 7) is -0.384. The third-order valence-corrected chi connectivity index (χ3v) is 3.75. The second kappa shape index (κ2) is 6.72. The molecule has 130 valence electrons. The van der Waals surface area contributed by atoms with Crippen LogP contribution in [0.3, 0.4) is 0 Å². The predicted molar refractivity (Wildman–Crippen MR) is 91.9 cm³/mol. The van der Waals surface area contributed by atoms with Gasteiger partial charge >= 0.3 is 5.97 Å². The van der Waals surface area contributed by atoms with Gasteiger partial charge in [-0.3, -0.25) is 4.79 Å². The summed E-state index contributed by atoms with van der Waals surface area (Å²) in [7, 11) is 0. The zero-order chi connectivity index (χ0) is 17.9. The van der Waals surface area contributed by atoms with Crippen molar-refractivity contribution in [1.29, 1.82) is 0 Å². The summed E-state index contributed by atoms with van der Waals surface area (Å²) >= 11 is 0. The monoisotopic (exact) mass is 350 g/mol. The Hall–Kier alpha value is -3.61. The highest BCUT2D eigenvalue weighted by Gasteiger charge is 2.32. The molecule has 1 aliphatic heterocycles. The average molecular weight is 350 g/mol. The maximum Gasteiger partial charge on any atom is 0.347 e. The summed E-state index contributed by atoms with van der Waals surface area (Å²) in [5.74, 6) is -0.882. The number of carbonyl (C=O) groups is 2. The third kappa shape index (κ3) is 3.14. The smallest absolute Gasteiger partial charge is 0.347 e. The summed E-state index contributed by atoms with van der Waals surface area (Å²) in [6.07, 6.45) is 0. The molecule has 7 heteroatoms. The van der Waals surface area contributed by atoms with Gasteiger partial charge in [-0.2, -0.15) is 0 Å². The molecule has 1 aliphatic rings. The Kier molecular flexibility index (Phi) is 4.10. The number of oxazole rings is 1. The molecule has 26 heavy (non-hydrogen) atoms. The Balaban J connectivity index is 1.49. The molecule has 3 aromatic rings.